The average Bonchev–Trinajstić information content (AvgIpc) is 3.13. The second-order valence-electron chi connectivity index (χ2n) is 6.31. The lowest BCUT2D eigenvalue weighted by molar-refractivity contribution is -0.141. The van der Waals surface area contributed by atoms with Gasteiger partial charge < -0.3 is 10.1 Å². The predicted molar refractivity (Wildman–Crippen MR) is 92.4 cm³/mol. The Morgan fingerprint density at radius 3 is 2.89 bits per heavy atom. The van der Waals surface area contributed by atoms with Crippen LogP contribution in [-0.4, -0.2) is 44.4 Å². The summed E-state index contributed by atoms with van der Waals surface area (Å²) in [5, 5.41) is 3.18. The van der Waals surface area contributed by atoms with E-state index in [0.717, 1.165) is 17.3 Å². The number of rotatable bonds is 5. The molecule has 0 saturated carbocycles. The van der Waals surface area contributed by atoms with Crippen molar-refractivity contribution in [2.75, 3.05) is 11.9 Å². The molecule has 2 atom stereocenters. The zero-order chi connectivity index (χ0) is 19.6. The van der Waals surface area contributed by atoms with Gasteiger partial charge in [-0.25, -0.2) is 15.0 Å². The number of hydrogen-bond donors (Lipinski definition) is 1. The zero-order valence-electron chi connectivity index (χ0n) is 14.7. The van der Waals surface area contributed by atoms with Gasteiger partial charge in [0.25, 0.3) is 0 Å². The van der Waals surface area contributed by atoms with Crippen LogP contribution in [0.1, 0.15) is 30.8 Å². The van der Waals surface area contributed by atoms with Gasteiger partial charge in [-0.3, -0.25) is 9.69 Å². The van der Waals surface area contributed by atoms with E-state index in [1.807, 2.05) is 6.92 Å². The van der Waals surface area contributed by atoms with Crippen molar-refractivity contribution in [3.05, 3.63) is 29.2 Å². The molecule has 2 aromatic heterocycles. The van der Waals surface area contributed by atoms with Gasteiger partial charge in [0.1, 0.15) is 12.4 Å². The number of likely N-dealkylation sites (tertiary alicyclic amines) is 1. The average molecular weight is 401 g/mol. The Hall–Kier alpha value is -2.27. The maximum atomic E-state index is 12.7. The fraction of sp³-hybridized carbons (Fsp3) is 0.500. The molecule has 3 rings (SSSR count). The lowest BCUT2D eigenvalue weighted by Crippen LogP contribution is -2.27. The van der Waals surface area contributed by atoms with Crippen molar-refractivity contribution in [2.45, 2.75) is 45.1 Å². The van der Waals surface area contributed by atoms with Crippen LogP contribution in [0.3, 0.4) is 0 Å². The first-order valence-corrected chi connectivity index (χ1v) is 9.04. The summed E-state index contributed by atoms with van der Waals surface area (Å²) in [7, 11) is 0. The quantitative estimate of drug-likeness (QED) is 0.830. The summed E-state index contributed by atoms with van der Waals surface area (Å²) in [5.41, 5.74) is -1.02. The molecule has 1 saturated heterocycles. The van der Waals surface area contributed by atoms with E-state index in [1.165, 1.54) is 18.3 Å². The van der Waals surface area contributed by atoms with E-state index >= 15 is 0 Å². The summed E-state index contributed by atoms with van der Waals surface area (Å²) in [4.78, 5) is 25.4. The van der Waals surface area contributed by atoms with Crippen LogP contribution in [0.15, 0.2) is 18.6 Å². The SMILES string of the molecule is CC(=O)Nc1ncc(CN2C[C@H](Oc3cc(C(F)(F)F)ncn3)C[C@@H]2C)s1. The summed E-state index contributed by atoms with van der Waals surface area (Å²) in [6.45, 7) is 4.62. The number of carbonyl (C=O) groups excluding carboxylic acids is 1. The Balaban J connectivity index is 1.60. The molecule has 146 valence electrons. The summed E-state index contributed by atoms with van der Waals surface area (Å²) in [6.07, 6.45) is -1.57. The first kappa shape index (κ1) is 19.5. The molecule has 0 bridgehead atoms. The van der Waals surface area contributed by atoms with Crippen LogP contribution in [0.2, 0.25) is 0 Å². The Kier molecular flexibility index (Phi) is 5.61. The van der Waals surface area contributed by atoms with Gasteiger partial charge in [0, 0.05) is 49.6 Å². The van der Waals surface area contributed by atoms with Gasteiger partial charge in [0.2, 0.25) is 11.8 Å². The van der Waals surface area contributed by atoms with E-state index in [0.29, 0.717) is 24.6 Å². The number of nitrogens with zero attached hydrogens (tertiary/aromatic N) is 4. The monoisotopic (exact) mass is 401 g/mol. The minimum atomic E-state index is -4.53. The van der Waals surface area contributed by atoms with Gasteiger partial charge in [0.05, 0.1) is 0 Å². The third kappa shape index (κ3) is 5.13. The van der Waals surface area contributed by atoms with Crippen molar-refractivity contribution in [2.24, 2.45) is 0 Å². The second-order valence-corrected chi connectivity index (χ2v) is 7.42. The van der Waals surface area contributed by atoms with Gasteiger partial charge in [-0.05, 0) is 6.92 Å². The lowest BCUT2D eigenvalue weighted by Gasteiger charge is -2.19. The summed E-state index contributed by atoms with van der Waals surface area (Å²) < 4.78 is 43.9. The van der Waals surface area contributed by atoms with Crippen LogP contribution in [0.5, 0.6) is 5.88 Å². The smallest absolute Gasteiger partial charge is 0.433 e. The molecular formula is C16H18F3N5O2S. The van der Waals surface area contributed by atoms with E-state index in [-0.39, 0.29) is 23.9 Å². The van der Waals surface area contributed by atoms with Crippen LogP contribution >= 0.6 is 11.3 Å². The summed E-state index contributed by atoms with van der Waals surface area (Å²) in [6, 6.07) is 1.00. The molecule has 0 aliphatic carbocycles. The number of carbonyl (C=O) groups is 1. The second kappa shape index (κ2) is 7.77. The lowest BCUT2D eigenvalue weighted by atomic mass is 10.2. The minimum Gasteiger partial charge on any atom is -0.473 e. The highest BCUT2D eigenvalue weighted by molar-refractivity contribution is 7.15. The van der Waals surface area contributed by atoms with Crippen molar-refractivity contribution < 1.29 is 22.7 Å². The molecule has 1 N–H and O–H groups in total. The van der Waals surface area contributed by atoms with E-state index in [1.54, 1.807) is 6.20 Å². The zero-order valence-corrected chi connectivity index (χ0v) is 15.5. The van der Waals surface area contributed by atoms with E-state index in [2.05, 4.69) is 25.2 Å². The number of ether oxygens (including phenoxy) is 1. The normalized spacial score (nSPS) is 20.6. The molecule has 7 nitrogen and oxygen atoms in total. The van der Waals surface area contributed by atoms with Crippen molar-refractivity contribution in [1.82, 2.24) is 19.9 Å². The van der Waals surface area contributed by atoms with Crippen molar-refractivity contribution >= 4 is 22.4 Å². The number of thiazole rings is 1. The summed E-state index contributed by atoms with van der Waals surface area (Å²) in [5.74, 6) is -0.260. The highest BCUT2D eigenvalue weighted by atomic mass is 32.1. The highest BCUT2D eigenvalue weighted by Crippen LogP contribution is 2.30. The predicted octanol–water partition coefficient (Wildman–Crippen LogP) is 2.95. The van der Waals surface area contributed by atoms with Crippen LogP contribution in [0.25, 0.3) is 0 Å². The molecule has 0 radical (unpaired) electrons. The van der Waals surface area contributed by atoms with Crippen LogP contribution in [-0.2, 0) is 17.5 Å². The minimum absolute atomic E-state index is 0.0814. The molecule has 0 spiro atoms. The molecule has 0 unspecified atom stereocenters. The number of alkyl halides is 3. The van der Waals surface area contributed by atoms with Crippen molar-refractivity contribution in [3.63, 3.8) is 0 Å². The van der Waals surface area contributed by atoms with Gasteiger partial charge in [0.15, 0.2) is 10.8 Å². The summed E-state index contributed by atoms with van der Waals surface area (Å²) >= 11 is 1.39. The number of aromatic nitrogens is 3. The Morgan fingerprint density at radius 1 is 1.41 bits per heavy atom. The van der Waals surface area contributed by atoms with Gasteiger partial charge in [-0.15, -0.1) is 11.3 Å². The van der Waals surface area contributed by atoms with Crippen molar-refractivity contribution in [1.29, 1.82) is 0 Å². The number of hydrogen-bond acceptors (Lipinski definition) is 7. The fourth-order valence-corrected chi connectivity index (χ4v) is 3.75. The molecule has 2 aromatic rings. The van der Waals surface area contributed by atoms with Crippen LogP contribution < -0.4 is 10.1 Å². The first-order chi connectivity index (χ1) is 12.7. The number of halogens is 3. The van der Waals surface area contributed by atoms with Gasteiger partial charge in [-0.2, -0.15) is 13.2 Å². The third-order valence-corrected chi connectivity index (χ3v) is 4.98. The Bertz CT molecular complexity index is 813. The van der Waals surface area contributed by atoms with Gasteiger partial charge in [-0.1, -0.05) is 0 Å². The Labute approximate surface area is 157 Å². The molecule has 1 aliphatic rings. The number of anilines is 1. The van der Waals surface area contributed by atoms with Crippen LogP contribution in [0.4, 0.5) is 18.3 Å². The van der Waals surface area contributed by atoms with E-state index < -0.39 is 11.9 Å². The molecule has 1 fully saturated rings. The topological polar surface area (TPSA) is 80.2 Å². The Morgan fingerprint density at radius 2 is 2.19 bits per heavy atom. The first-order valence-electron chi connectivity index (χ1n) is 8.23. The molecule has 1 aliphatic heterocycles. The molecule has 0 aromatic carbocycles. The molecular weight excluding hydrogens is 383 g/mol. The van der Waals surface area contributed by atoms with Crippen molar-refractivity contribution in [3.8, 4) is 5.88 Å². The third-order valence-electron chi connectivity index (χ3n) is 4.08. The van der Waals surface area contributed by atoms with E-state index in [4.69, 9.17) is 4.74 Å². The van der Waals surface area contributed by atoms with Crippen LogP contribution in [0, 0.1) is 0 Å². The highest BCUT2D eigenvalue weighted by Gasteiger charge is 2.34. The van der Waals surface area contributed by atoms with E-state index in [9.17, 15) is 18.0 Å². The molecule has 3 heterocycles. The number of amides is 1. The standard InChI is InChI=1S/C16H18F3N5O2S/c1-9-3-11(26-14-4-13(16(17,18)19)21-8-22-14)6-24(9)7-12-5-20-15(27-12)23-10(2)25/h4-5,8-9,11H,3,6-7H2,1-2H3,(H,20,23,25)/t9-,11+/m0/s1. The van der Waals surface area contributed by atoms with Gasteiger partial charge >= 0.3 is 6.18 Å². The fourth-order valence-electron chi connectivity index (χ4n) is 2.87. The molecule has 1 amide bonds. The largest absolute Gasteiger partial charge is 0.473 e. The maximum absolute atomic E-state index is 12.7. The molecule has 11 heteroatoms. The number of nitrogens with one attached hydrogen (secondary N) is 1. The molecule has 27 heavy (non-hydrogen) atoms. The maximum Gasteiger partial charge on any atom is 0.433 e.